The van der Waals surface area contributed by atoms with Crippen LogP contribution in [-0.4, -0.2) is 39.6 Å². The topological polar surface area (TPSA) is 80.9 Å². The summed E-state index contributed by atoms with van der Waals surface area (Å²) in [6.07, 6.45) is 1.83. The van der Waals surface area contributed by atoms with Crippen LogP contribution in [0, 0.1) is 6.92 Å². The number of carbonyl (C=O) groups is 1. The number of aromatic nitrogens is 2. The maximum absolute atomic E-state index is 12.7. The van der Waals surface area contributed by atoms with Gasteiger partial charge >= 0.3 is 5.91 Å². The Kier molecular flexibility index (Phi) is 2.43. The standard InChI is InChI=1S/C16H17N5O/c1-8-6-10(17)4-5-11(8)12-7-18-14-13(19-12)16(22)21(3)9(2)15(21)20-14/h4-7,9,15H,1-3H3,(H2-,17,18,19,20,22)/p+1/t9-,15?,21?/m1/s1. The van der Waals surface area contributed by atoms with Crippen molar-refractivity contribution in [2.75, 3.05) is 18.1 Å². The quantitative estimate of drug-likeness (QED) is 0.476. The van der Waals surface area contributed by atoms with E-state index < -0.39 is 0 Å². The molecule has 2 aliphatic heterocycles. The van der Waals surface area contributed by atoms with E-state index >= 15 is 0 Å². The maximum atomic E-state index is 12.7. The molecule has 3 N–H and O–H groups in total. The molecule has 1 saturated heterocycles. The van der Waals surface area contributed by atoms with Crippen molar-refractivity contribution in [2.24, 2.45) is 0 Å². The fraction of sp³-hybridized carbons (Fsp3) is 0.312. The van der Waals surface area contributed by atoms with Gasteiger partial charge in [0, 0.05) is 11.3 Å². The maximum Gasteiger partial charge on any atom is 0.370 e. The molecule has 4 rings (SSSR count). The van der Waals surface area contributed by atoms with Gasteiger partial charge in [-0.1, -0.05) is 6.07 Å². The van der Waals surface area contributed by atoms with Crippen molar-refractivity contribution in [3.8, 4) is 11.3 Å². The number of quaternary nitrogens is 1. The van der Waals surface area contributed by atoms with Crippen molar-refractivity contribution in [1.82, 2.24) is 9.97 Å². The summed E-state index contributed by atoms with van der Waals surface area (Å²) in [5.41, 5.74) is 9.59. The molecule has 1 aromatic carbocycles. The Morgan fingerprint density at radius 1 is 1.36 bits per heavy atom. The van der Waals surface area contributed by atoms with Crippen LogP contribution in [-0.2, 0) is 0 Å². The second-order valence-electron chi connectivity index (χ2n) is 6.31. The molecule has 2 aromatic rings. The number of fused-ring (bicyclic) bond motifs is 2. The first-order valence-corrected chi connectivity index (χ1v) is 7.34. The van der Waals surface area contributed by atoms with Gasteiger partial charge in [0.15, 0.2) is 11.9 Å². The molecule has 0 spiro atoms. The lowest BCUT2D eigenvalue weighted by atomic mass is 10.1. The Balaban J connectivity index is 1.82. The minimum absolute atomic E-state index is 0.0358. The summed E-state index contributed by atoms with van der Waals surface area (Å²) >= 11 is 0. The Hall–Kier alpha value is -2.47. The van der Waals surface area contributed by atoms with Crippen molar-refractivity contribution >= 4 is 17.4 Å². The first-order chi connectivity index (χ1) is 10.4. The van der Waals surface area contributed by atoms with E-state index in [0.29, 0.717) is 27.4 Å². The fourth-order valence-electron chi connectivity index (χ4n) is 3.32. The summed E-state index contributed by atoms with van der Waals surface area (Å²) in [5, 5.41) is 3.31. The second-order valence-corrected chi connectivity index (χ2v) is 6.31. The van der Waals surface area contributed by atoms with Crippen molar-refractivity contribution in [1.29, 1.82) is 0 Å². The van der Waals surface area contributed by atoms with Crippen LogP contribution >= 0.6 is 0 Å². The van der Waals surface area contributed by atoms with E-state index in [1.54, 1.807) is 6.20 Å². The molecule has 3 atom stereocenters. The zero-order valence-corrected chi connectivity index (χ0v) is 12.8. The van der Waals surface area contributed by atoms with Crippen molar-refractivity contribution in [2.45, 2.75) is 26.1 Å². The highest BCUT2D eigenvalue weighted by atomic mass is 16.2. The van der Waals surface area contributed by atoms with Crippen LogP contribution in [0.1, 0.15) is 23.0 Å². The van der Waals surface area contributed by atoms with Gasteiger partial charge in [-0.25, -0.2) is 19.2 Å². The number of aryl methyl sites for hydroxylation is 1. The zero-order chi connectivity index (χ0) is 15.6. The molecule has 2 aliphatic rings. The van der Waals surface area contributed by atoms with Gasteiger partial charge in [-0.2, -0.15) is 0 Å². The highest BCUT2D eigenvalue weighted by Gasteiger charge is 2.69. The average Bonchev–Trinajstić information content (AvgIpc) is 3.02. The third-order valence-electron chi connectivity index (χ3n) is 5.01. The summed E-state index contributed by atoms with van der Waals surface area (Å²) < 4.78 is 0.367. The zero-order valence-electron chi connectivity index (χ0n) is 12.8. The number of carbonyl (C=O) groups excluding carboxylic acids is 1. The molecule has 3 heterocycles. The number of hydrogen-bond donors (Lipinski definition) is 2. The minimum atomic E-state index is 0.0358. The van der Waals surface area contributed by atoms with E-state index in [9.17, 15) is 4.79 Å². The molecule has 0 bridgehead atoms. The number of nitrogens with two attached hydrogens (primary N) is 1. The van der Waals surface area contributed by atoms with Crippen LogP contribution in [0.2, 0.25) is 0 Å². The Bertz CT molecular complexity index is 818. The number of likely N-dealkylation sites (N-methyl/N-ethyl adjacent to an activating group) is 1. The summed E-state index contributed by atoms with van der Waals surface area (Å²) in [4.78, 5) is 21.7. The van der Waals surface area contributed by atoms with Crippen molar-refractivity contribution < 1.29 is 9.28 Å². The minimum Gasteiger partial charge on any atom is -0.399 e. The molecular formula is C16H18N5O+. The molecule has 0 aliphatic carbocycles. The van der Waals surface area contributed by atoms with Gasteiger partial charge in [0.05, 0.1) is 18.9 Å². The summed E-state index contributed by atoms with van der Waals surface area (Å²) in [5.74, 6) is 0.625. The first-order valence-electron chi connectivity index (χ1n) is 7.34. The number of anilines is 2. The highest BCUT2D eigenvalue weighted by Crippen LogP contribution is 2.44. The fourth-order valence-corrected chi connectivity index (χ4v) is 3.32. The summed E-state index contributed by atoms with van der Waals surface area (Å²) in [6, 6.07) is 5.90. The van der Waals surface area contributed by atoms with E-state index in [1.165, 1.54) is 0 Å². The number of benzene rings is 1. The molecule has 112 valence electrons. The number of hydrogen-bond acceptors (Lipinski definition) is 5. The Morgan fingerprint density at radius 2 is 2.14 bits per heavy atom. The van der Waals surface area contributed by atoms with Gasteiger partial charge in [-0.05, 0) is 31.5 Å². The molecular weight excluding hydrogens is 278 g/mol. The largest absolute Gasteiger partial charge is 0.399 e. The summed E-state index contributed by atoms with van der Waals surface area (Å²) in [6.45, 7) is 4.04. The normalized spacial score (nSPS) is 28.6. The lowest BCUT2D eigenvalue weighted by molar-refractivity contribution is -0.714. The van der Waals surface area contributed by atoms with Gasteiger partial charge in [-0.15, -0.1) is 0 Å². The average molecular weight is 296 g/mol. The van der Waals surface area contributed by atoms with Crippen LogP contribution in [0.25, 0.3) is 11.3 Å². The Morgan fingerprint density at radius 3 is 2.86 bits per heavy atom. The predicted molar refractivity (Wildman–Crippen MR) is 84.0 cm³/mol. The number of nitrogens with zero attached hydrogens (tertiary/aromatic N) is 3. The molecule has 0 radical (unpaired) electrons. The van der Waals surface area contributed by atoms with Crippen LogP contribution < -0.4 is 11.1 Å². The third-order valence-corrected chi connectivity index (χ3v) is 5.01. The van der Waals surface area contributed by atoms with Crippen LogP contribution in [0.3, 0.4) is 0 Å². The van der Waals surface area contributed by atoms with E-state index in [2.05, 4.69) is 22.2 Å². The van der Waals surface area contributed by atoms with E-state index in [4.69, 9.17) is 5.73 Å². The third kappa shape index (κ3) is 1.55. The number of nitrogens with one attached hydrogen (secondary N) is 1. The monoisotopic (exact) mass is 296 g/mol. The van der Waals surface area contributed by atoms with Crippen LogP contribution in [0.5, 0.6) is 0 Å². The molecule has 1 fully saturated rings. The number of rotatable bonds is 1. The van der Waals surface area contributed by atoms with Crippen LogP contribution in [0.15, 0.2) is 24.4 Å². The van der Waals surface area contributed by atoms with Crippen LogP contribution in [0.4, 0.5) is 11.5 Å². The molecule has 2 unspecified atom stereocenters. The van der Waals surface area contributed by atoms with Gasteiger partial charge in [0.25, 0.3) is 0 Å². The van der Waals surface area contributed by atoms with Gasteiger partial charge in [-0.3, -0.25) is 0 Å². The lowest BCUT2D eigenvalue weighted by Crippen LogP contribution is -2.40. The molecule has 6 nitrogen and oxygen atoms in total. The van der Waals surface area contributed by atoms with E-state index in [-0.39, 0.29) is 18.1 Å². The predicted octanol–water partition coefficient (Wildman–Crippen LogP) is 1.77. The molecule has 0 saturated carbocycles. The number of amides is 1. The number of nitrogen functional groups attached to an aromatic ring is 1. The van der Waals surface area contributed by atoms with Gasteiger partial charge in [0.2, 0.25) is 11.9 Å². The molecule has 1 amide bonds. The van der Waals surface area contributed by atoms with Crippen molar-refractivity contribution in [3.63, 3.8) is 0 Å². The first kappa shape index (κ1) is 13.2. The van der Waals surface area contributed by atoms with E-state index in [0.717, 1.165) is 11.1 Å². The second kappa shape index (κ2) is 4.04. The SMILES string of the molecule is Cc1cc(N)ccc1-c1cnc2c(n1)C(=O)[N+]1(C)C(N2)[C@H]1C. The Labute approximate surface area is 128 Å². The molecule has 22 heavy (non-hydrogen) atoms. The lowest BCUT2D eigenvalue weighted by Gasteiger charge is -2.19. The molecule has 1 aromatic heterocycles. The molecule has 6 heteroatoms. The van der Waals surface area contributed by atoms with Gasteiger partial charge in [0.1, 0.15) is 0 Å². The van der Waals surface area contributed by atoms with E-state index in [1.807, 2.05) is 32.2 Å². The van der Waals surface area contributed by atoms with Crippen molar-refractivity contribution in [3.05, 3.63) is 35.7 Å². The summed E-state index contributed by atoms with van der Waals surface area (Å²) in [7, 11) is 1.94. The smallest absolute Gasteiger partial charge is 0.370 e. The highest BCUT2D eigenvalue weighted by molar-refractivity contribution is 5.95. The van der Waals surface area contributed by atoms with Gasteiger partial charge < -0.3 is 11.1 Å².